The van der Waals surface area contributed by atoms with E-state index >= 15 is 0 Å². The van der Waals surface area contributed by atoms with E-state index in [9.17, 15) is 14.4 Å². The Kier molecular flexibility index (Phi) is 6.72. The summed E-state index contributed by atoms with van der Waals surface area (Å²) in [5.74, 6) is -1.89. The number of nitrogens with zero attached hydrogens (tertiary/aromatic N) is 1. The first-order valence-electron chi connectivity index (χ1n) is 9.98. The number of hydrogen-bond acceptors (Lipinski definition) is 4. The lowest BCUT2D eigenvalue weighted by atomic mass is 10.2. The zero-order chi connectivity index (χ0) is 24.2. The highest BCUT2D eigenvalue weighted by Crippen LogP contribution is 2.24. The number of hydrogen-bond donors (Lipinski definition) is 3. The van der Waals surface area contributed by atoms with Crippen molar-refractivity contribution in [3.05, 3.63) is 88.5 Å². The van der Waals surface area contributed by atoms with Crippen molar-refractivity contribution in [1.29, 1.82) is 0 Å². The largest absolute Gasteiger partial charge is 0.497 e. The van der Waals surface area contributed by atoms with Gasteiger partial charge in [0.15, 0.2) is 0 Å². The van der Waals surface area contributed by atoms with E-state index in [1.54, 1.807) is 72.8 Å². The molecule has 0 spiro atoms. The highest BCUT2D eigenvalue weighted by molar-refractivity contribution is 6.42. The van der Waals surface area contributed by atoms with E-state index in [4.69, 9.17) is 27.9 Å². The summed E-state index contributed by atoms with van der Waals surface area (Å²) >= 11 is 12.0. The number of benzene rings is 3. The van der Waals surface area contributed by atoms with Crippen LogP contribution in [0.15, 0.2) is 72.8 Å². The maximum atomic E-state index is 13.0. The van der Waals surface area contributed by atoms with Crippen LogP contribution < -0.4 is 20.8 Å². The van der Waals surface area contributed by atoms with Crippen LogP contribution in [0.1, 0.15) is 10.5 Å². The first-order chi connectivity index (χ1) is 16.3. The molecule has 0 saturated carbocycles. The van der Waals surface area contributed by atoms with Crippen LogP contribution in [0, 0.1) is 0 Å². The Morgan fingerprint density at radius 1 is 0.794 bits per heavy atom. The summed E-state index contributed by atoms with van der Waals surface area (Å²) in [5.41, 5.74) is 3.94. The minimum Gasteiger partial charge on any atom is -0.497 e. The average molecular weight is 497 g/mol. The molecule has 0 saturated heterocycles. The normalized spacial score (nSPS) is 10.6. The van der Waals surface area contributed by atoms with Crippen LogP contribution in [0.3, 0.4) is 0 Å². The monoisotopic (exact) mass is 496 g/mol. The van der Waals surface area contributed by atoms with Crippen molar-refractivity contribution < 1.29 is 19.1 Å². The summed E-state index contributed by atoms with van der Waals surface area (Å²) in [7, 11) is 1.49. The second kappa shape index (κ2) is 9.86. The fourth-order valence-electron chi connectivity index (χ4n) is 3.24. The van der Waals surface area contributed by atoms with Gasteiger partial charge in [0.2, 0.25) is 0 Å². The predicted octanol–water partition coefficient (Wildman–Crippen LogP) is 4.92. The van der Waals surface area contributed by atoms with Crippen LogP contribution in [-0.2, 0) is 9.59 Å². The molecule has 4 rings (SSSR count). The van der Waals surface area contributed by atoms with E-state index < -0.39 is 17.7 Å². The molecule has 10 heteroatoms. The molecule has 0 aliphatic carbocycles. The Balaban J connectivity index is 1.61. The van der Waals surface area contributed by atoms with Crippen molar-refractivity contribution in [3.8, 4) is 5.75 Å². The fourth-order valence-corrected chi connectivity index (χ4v) is 3.55. The number of amides is 3. The van der Waals surface area contributed by atoms with Crippen LogP contribution >= 0.6 is 23.2 Å². The summed E-state index contributed by atoms with van der Waals surface area (Å²) < 4.78 is 6.36. The van der Waals surface area contributed by atoms with Gasteiger partial charge in [0.25, 0.3) is 5.91 Å². The Labute approximate surface area is 204 Å². The third kappa shape index (κ3) is 5.14. The number of aromatic nitrogens is 1. The van der Waals surface area contributed by atoms with E-state index in [1.807, 2.05) is 0 Å². The number of carbonyl (C=O) groups is 3. The molecule has 4 aromatic rings. The van der Waals surface area contributed by atoms with Gasteiger partial charge in [-0.1, -0.05) is 29.3 Å². The van der Waals surface area contributed by atoms with Crippen LogP contribution in [0.4, 0.5) is 11.4 Å². The van der Waals surface area contributed by atoms with E-state index in [1.165, 1.54) is 11.8 Å². The topological polar surface area (TPSA) is 101 Å². The molecule has 3 aromatic carbocycles. The minimum absolute atomic E-state index is 0.0924. The third-order valence-corrected chi connectivity index (χ3v) is 5.33. The predicted molar refractivity (Wildman–Crippen MR) is 132 cm³/mol. The lowest BCUT2D eigenvalue weighted by molar-refractivity contribution is -0.133. The fraction of sp³-hybridized carbons (Fsp3) is 0.0417. The number of carbonyl (C=O) groups excluding carboxylic acids is 3. The zero-order valence-electron chi connectivity index (χ0n) is 17.8. The number of nitrogens with one attached hydrogen (secondary N) is 3. The molecule has 0 fully saturated rings. The Morgan fingerprint density at radius 2 is 1.53 bits per heavy atom. The summed E-state index contributed by atoms with van der Waals surface area (Å²) in [5, 5.41) is 6.82. The molecule has 8 nitrogen and oxygen atoms in total. The molecular formula is C24H18Cl2N4O4. The van der Waals surface area contributed by atoms with Gasteiger partial charge in [-0.15, -0.1) is 0 Å². The minimum atomic E-state index is -0.976. The molecule has 0 bridgehead atoms. The lowest BCUT2D eigenvalue weighted by Gasteiger charge is -2.13. The highest BCUT2D eigenvalue weighted by atomic mass is 35.5. The van der Waals surface area contributed by atoms with Gasteiger partial charge in [-0.25, -0.2) is 4.68 Å². The van der Waals surface area contributed by atoms with Gasteiger partial charge in [-0.05, 0) is 60.7 Å². The Morgan fingerprint density at radius 3 is 2.26 bits per heavy atom. The van der Waals surface area contributed by atoms with Gasteiger partial charge in [-0.2, -0.15) is 0 Å². The second-order valence-electron chi connectivity index (χ2n) is 7.16. The van der Waals surface area contributed by atoms with Crippen molar-refractivity contribution in [2.75, 3.05) is 23.2 Å². The van der Waals surface area contributed by atoms with Crippen LogP contribution in [-0.4, -0.2) is 29.5 Å². The number of anilines is 2. The first-order valence-corrected chi connectivity index (χ1v) is 10.7. The molecule has 1 aromatic heterocycles. The van der Waals surface area contributed by atoms with Crippen molar-refractivity contribution >= 4 is 63.2 Å². The summed E-state index contributed by atoms with van der Waals surface area (Å²) in [6.45, 7) is 0. The van der Waals surface area contributed by atoms with Crippen molar-refractivity contribution in [2.24, 2.45) is 0 Å². The Hall–Kier alpha value is -4.01. The van der Waals surface area contributed by atoms with E-state index in [-0.39, 0.29) is 5.69 Å². The van der Waals surface area contributed by atoms with Crippen molar-refractivity contribution in [2.45, 2.75) is 0 Å². The molecule has 172 valence electrons. The smallest absolute Gasteiger partial charge is 0.328 e. The molecule has 3 amide bonds. The highest BCUT2D eigenvalue weighted by Gasteiger charge is 2.21. The maximum absolute atomic E-state index is 13.0. The van der Waals surface area contributed by atoms with Gasteiger partial charge in [0.05, 0.1) is 12.6 Å². The van der Waals surface area contributed by atoms with Crippen molar-refractivity contribution in [3.63, 3.8) is 0 Å². The van der Waals surface area contributed by atoms with Crippen LogP contribution in [0.25, 0.3) is 10.9 Å². The van der Waals surface area contributed by atoms with Gasteiger partial charge in [0.1, 0.15) is 11.4 Å². The van der Waals surface area contributed by atoms with E-state index in [0.717, 1.165) is 0 Å². The SMILES string of the molecule is COc1cccc(NC(=O)C(=O)Nn2c(C(=O)Nc3ccc(Cl)cc3)cc3cc(Cl)ccc32)c1. The first kappa shape index (κ1) is 23.2. The molecule has 1 heterocycles. The molecular weight excluding hydrogens is 479 g/mol. The summed E-state index contributed by atoms with van der Waals surface area (Å²) in [6, 6.07) is 19.6. The molecule has 0 radical (unpaired) electrons. The van der Waals surface area contributed by atoms with Gasteiger partial charge < -0.3 is 15.4 Å². The number of fused-ring (bicyclic) bond motifs is 1. The van der Waals surface area contributed by atoms with E-state index in [2.05, 4.69) is 16.1 Å². The average Bonchev–Trinajstić information content (AvgIpc) is 3.18. The van der Waals surface area contributed by atoms with Gasteiger partial charge >= 0.3 is 11.8 Å². The second-order valence-corrected chi connectivity index (χ2v) is 8.03. The number of halogens is 2. The third-order valence-electron chi connectivity index (χ3n) is 4.85. The summed E-state index contributed by atoms with van der Waals surface area (Å²) in [6.07, 6.45) is 0. The summed E-state index contributed by atoms with van der Waals surface area (Å²) in [4.78, 5) is 38.2. The van der Waals surface area contributed by atoms with Gasteiger partial charge in [0, 0.05) is 32.9 Å². The van der Waals surface area contributed by atoms with E-state index in [0.29, 0.717) is 38.1 Å². The zero-order valence-corrected chi connectivity index (χ0v) is 19.3. The quantitative estimate of drug-likeness (QED) is 0.341. The molecule has 0 aliphatic rings. The molecule has 3 N–H and O–H groups in total. The standard InChI is InChI=1S/C24H18Cl2N4O4/c1-34-19-4-2-3-18(13-19)28-23(32)24(33)29-30-20-10-7-16(26)11-14(20)12-21(30)22(31)27-17-8-5-15(25)6-9-17/h2-13H,1H3,(H,27,31)(H,28,32)(H,29,33). The lowest BCUT2D eigenvalue weighted by Crippen LogP contribution is -2.36. The number of rotatable bonds is 5. The molecule has 34 heavy (non-hydrogen) atoms. The van der Waals surface area contributed by atoms with Gasteiger partial charge in [-0.3, -0.25) is 19.8 Å². The van der Waals surface area contributed by atoms with Crippen LogP contribution in [0.2, 0.25) is 10.0 Å². The molecule has 0 unspecified atom stereocenters. The molecule has 0 aliphatic heterocycles. The molecule has 0 atom stereocenters. The number of methoxy groups -OCH3 is 1. The van der Waals surface area contributed by atoms with Crippen LogP contribution in [0.5, 0.6) is 5.75 Å². The van der Waals surface area contributed by atoms with Crippen molar-refractivity contribution in [1.82, 2.24) is 4.68 Å². The number of ether oxygens (including phenoxy) is 1. The Bertz CT molecular complexity index is 1400. The maximum Gasteiger partial charge on any atom is 0.328 e.